The molecule has 1 N–H and O–H groups in total. The summed E-state index contributed by atoms with van der Waals surface area (Å²) in [6, 6.07) is 7.86. The summed E-state index contributed by atoms with van der Waals surface area (Å²) >= 11 is 0. The number of aromatic nitrogens is 2. The lowest BCUT2D eigenvalue weighted by Crippen LogP contribution is -2.22. The fourth-order valence-electron chi connectivity index (χ4n) is 1.80. The predicted molar refractivity (Wildman–Crippen MR) is 71.5 cm³/mol. The van der Waals surface area contributed by atoms with Crippen molar-refractivity contribution in [3.63, 3.8) is 0 Å². The van der Waals surface area contributed by atoms with E-state index in [-0.39, 0.29) is 5.91 Å². The quantitative estimate of drug-likeness (QED) is 0.893. The van der Waals surface area contributed by atoms with Crippen molar-refractivity contribution in [2.75, 3.05) is 6.54 Å². The number of amides is 1. The molecule has 0 spiro atoms. The van der Waals surface area contributed by atoms with Crippen molar-refractivity contribution in [2.24, 2.45) is 0 Å². The van der Waals surface area contributed by atoms with Crippen LogP contribution in [-0.2, 0) is 11.2 Å². The zero-order chi connectivity index (χ0) is 13.7. The van der Waals surface area contributed by atoms with Gasteiger partial charge in [0.15, 0.2) is 0 Å². The Kier molecular flexibility index (Phi) is 4.28. The van der Waals surface area contributed by atoms with Gasteiger partial charge in [-0.2, -0.15) is 4.98 Å². The molecule has 2 rings (SSSR count). The topological polar surface area (TPSA) is 68.0 Å². The number of hydrogen-bond acceptors (Lipinski definition) is 4. The summed E-state index contributed by atoms with van der Waals surface area (Å²) < 4.78 is 5.16. The van der Waals surface area contributed by atoms with Crippen molar-refractivity contribution >= 4 is 5.91 Å². The van der Waals surface area contributed by atoms with Gasteiger partial charge in [-0.3, -0.25) is 4.79 Å². The number of nitrogens with one attached hydrogen (secondary N) is 1. The molecule has 0 saturated carbocycles. The molecule has 0 unspecified atom stereocenters. The molecule has 0 bridgehead atoms. The molecule has 0 aliphatic heterocycles. The highest BCUT2D eigenvalue weighted by atomic mass is 16.5. The lowest BCUT2D eigenvalue weighted by atomic mass is 10.1. The van der Waals surface area contributed by atoms with E-state index in [2.05, 4.69) is 15.5 Å². The van der Waals surface area contributed by atoms with Crippen LogP contribution in [0.15, 0.2) is 28.8 Å². The SMILES string of the molecule is CCNC(=O)CCc1nc(-c2ccccc2C)no1. The van der Waals surface area contributed by atoms with Gasteiger partial charge in [0.2, 0.25) is 17.6 Å². The number of nitrogens with zero attached hydrogens (tertiary/aromatic N) is 2. The van der Waals surface area contributed by atoms with Gasteiger partial charge >= 0.3 is 0 Å². The van der Waals surface area contributed by atoms with E-state index in [1.165, 1.54) is 0 Å². The maximum atomic E-state index is 11.3. The monoisotopic (exact) mass is 259 g/mol. The van der Waals surface area contributed by atoms with Gasteiger partial charge in [0.05, 0.1) is 0 Å². The summed E-state index contributed by atoms with van der Waals surface area (Å²) in [5.41, 5.74) is 2.05. The minimum atomic E-state index is -0.00172. The zero-order valence-electron chi connectivity index (χ0n) is 11.1. The summed E-state index contributed by atoms with van der Waals surface area (Å²) in [7, 11) is 0. The van der Waals surface area contributed by atoms with Crippen molar-refractivity contribution in [1.29, 1.82) is 0 Å². The highest BCUT2D eigenvalue weighted by Crippen LogP contribution is 2.19. The molecule has 0 aliphatic rings. The summed E-state index contributed by atoms with van der Waals surface area (Å²) in [6.07, 6.45) is 0.827. The molecule has 5 nitrogen and oxygen atoms in total. The Balaban J connectivity index is 2.04. The van der Waals surface area contributed by atoms with Crippen LogP contribution in [0.5, 0.6) is 0 Å². The van der Waals surface area contributed by atoms with E-state index in [0.29, 0.717) is 31.1 Å². The average molecular weight is 259 g/mol. The second kappa shape index (κ2) is 6.13. The van der Waals surface area contributed by atoms with Crippen molar-refractivity contribution < 1.29 is 9.32 Å². The van der Waals surface area contributed by atoms with Crippen LogP contribution in [0.25, 0.3) is 11.4 Å². The van der Waals surface area contributed by atoms with E-state index in [9.17, 15) is 4.79 Å². The maximum Gasteiger partial charge on any atom is 0.227 e. The smallest absolute Gasteiger partial charge is 0.227 e. The predicted octanol–water partition coefficient (Wildman–Crippen LogP) is 2.11. The van der Waals surface area contributed by atoms with Crippen molar-refractivity contribution in [1.82, 2.24) is 15.5 Å². The molecule has 0 aliphatic carbocycles. The number of rotatable bonds is 5. The molecule has 1 heterocycles. The Morgan fingerprint density at radius 1 is 1.37 bits per heavy atom. The molecule has 0 atom stereocenters. The Morgan fingerprint density at radius 3 is 2.89 bits per heavy atom. The van der Waals surface area contributed by atoms with E-state index in [1.54, 1.807) is 0 Å². The fraction of sp³-hybridized carbons (Fsp3) is 0.357. The fourth-order valence-corrected chi connectivity index (χ4v) is 1.80. The van der Waals surface area contributed by atoms with Crippen LogP contribution in [0.4, 0.5) is 0 Å². The first-order valence-corrected chi connectivity index (χ1v) is 6.36. The third-order valence-electron chi connectivity index (χ3n) is 2.79. The molecule has 0 fully saturated rings. The first-order chi connectivity index (χ1) is 9.20. The van der Waals surface area contributed by atoms with Crippen molar-refractivity contribution in [3.8, 4) is 11.4 Å². The average Bonchev–Trinajstić information content (AvgIpc) is 2.86. The van der Waals surface area contributed by atoms with Gasteiger partial charge < -0.3 is 9.84 Å². The number of benzene rings is 1. The summed E-state index contributed by atoms with van der Waals surface area (Å²) in [6.45, 7) is 4.53. The number of carbonyl (C=O) groups excluding carboxylic acids is 1. The van der Waals surface area contributed by atoms with E-state index in [1.807, 2.05) is 38.1 Å². The minimum Gasteiger partial charge on any atom is -0.356 e. The van der Waals surface area contributed by atoms with Gasteiger partial charge in [-0.25, -0.2) is 0 Å². The summed E-state index contributed by atoms with van der Waals surface area (Å²) in [4.78, 5) is 15.7. The van der Waals surface area contributed by atoms with Gasteiger partial charge in [-0.15, -0.1) is 0 Å². The van der Waals surface area contributed by atoms with Gasteiger partial charge in [0.1, 0.15) is 0 Å². The Labute approximate surface area is 112 Å². The second-order valence-electron chi connectivity index (χ2n) is 4.28. The van der Waals surface area contributed by atoms with E-state index in [4.69, 9.17) is 4.52 Å². The third kappa shape index (κ3) is 3.40. The molecular formula is C14H17N3O2. The van der Waals surface area contributed by atoms with Crippen LogP contribution in [0, 0.1) is 6.92 Å². The van der Waals surface area contributed by atoms with Gasteiger partial charge in [0.25, 0.3) is 0 Å². The third-order valence-corrected chi connectivity index (χ3v) is 2.79. The molecule has 0 radical (unpaired) electrons. The zero-order valence-corrected chi connectivity index (χ0v) is 11.1. The van der Waals surface area contributed by atoms with E-state index >= 15 is 0 Å². The van der Waals surface area contributed by atoms with Crippen LogP contribution in [0.1, 0.15) is 24.8 Å². The normalized spacial score (nSPS) is 10.4. The van der Waals surface area contributed by atoms with Crippen LogP contribution < -0.4 is 5.32 Å². The van der Waals surface area contributed by atoms with Gasteiger partial charge in [0, 0.05) is 24.9 Å². The van der Waals surface area contributed by atoms with Crippen LogP contribution in [0.3, 0.4) is 0 Å². The molecule has 5 heteroatoms. The highest BCUT2D eigenvalue weighted by molar-refractivity contribution is 5.75. The number of hydrogen-bond donors (Lipinski definition) is 1. The maximum absolute atomic E-state index is 11.3. The van der Waals surface area contributed by atoms with Crippen LogP contribution >= 0.6 is 0 Å². The van der Waals surface area contributed by atoms with E-state index in [0.717, 1.165) is 11.1 Å². The standard InChI is InChI=1S/C14H17N3O2/c1-3-15-12(18)8-9-13-16-14(17-19-13)11-7-5-4-6-10(11)2/h4-7H,3,8-9H2,1-2H3,(H,15,18). The lowest BCUT2D eigenvalue weighted by Gasteiger charge is -1.99. The molecule has 19 heavy (non-hydrogen) atoms. The van der Waals surface area contributed by atoms with Crippen molar-refractivity contribution in [3.05, 3.63) is 35.7 Å². The Hall–Kier alpha value is -2.17. The molecule has 0 saturated heterocycles. The van der Waals surface area contributed by atoms with Crippen LogP contribution in [-0.4, -0.2) is 22.6 Å². The minimum absolute atomic E-state index is 0.00172. The number of carbonyl (C=O) groups is 1. The number of aryl methyl sites for hydroxylation is 2. The van der Waals surface area contributed by atoms with Crippen molar-refractivity contribution in [2.45, 2.75) is 26.7 Å². The van der Waals surface area contributed by atoms with Gasteiger partial charge in [-0.1, -0.05) is 29.4 Å². The first kappa shape index (κ1) is 13.3. The molecular weight excluding hydrogens is 242 g/mol. The Bertz CT molecular complexity index is 563. The second-order valence-corrected chi connectivity index (χ2v) is 4.28. The molecule has 1 aromatic heterocycles. The molecule has 2 aromatic rings. The first-order valence-electron chi connectivity index (χ1n) is 6.36. The molecule has 100 valence electrons. The van der Waals surface area contributed by atoms with Gasteiger partial charge in [-0.05, 0) is 19.4 Å². The highest BCUT2D eigenvalue weighted by Gasteiger charge is 2.11. The molecule has 1 amide bonds. The Morgan fingerprint density at radius 2 is 2.16 bits per heavy atom. The largest absolute Gasteiger partial charge is 0.356 e. The summed E-state index contributed by atoms with van der Waals surface area (Å²) in [5.74, 6) is 1.06. The van der Waals surface area contributed by atoms with E-state index < -0.39 is 0 Å². The van der Waals surface area contributed by atoms with Crippen LogP contribution in [0.2, 0.25) is 0 Å². The summed E-state index contributed by atoms with van der Waals surface area (Å²) in [5, 5.41) is 6.69. The molecule has 1 aromatic carbocycles. The lowest BCUT2D eigenvalue weighted by molar-refractivity contribution is -0.121.